The summed E-state index contributed by atoms with van der Waals surface area (Å²) in [5, 5.41) is 7.36. The summed E-state index contributed by atoms with van der Waals surface area (Å²) in [7, 11) is 1.39. The number of hydrogen-bond donors (Lipinski definition) is 1. The van der Waals surface area contributed by atoms with Crippen molar-refractivity contribution in [2.24, 2.45) is 0 Å². The van der Waals surface area contributed by atoms with E-state index in [9.17, 15) is 14.4 Å². The third-order valence-electron chi connectivity index (χ3n) is 5.71. The SMILES string of the molecule is COC(=O)C1(c2ccccc2)CCN(C(=O)c2n[nH]c(=O)c3ccccc23)CC1. The van der Waals surface area contributed by atoms with Crippen LogP contribution in [0.15, 0.2) is 59.4 Å². The lowest BCUT2D eigenvalue weighted by Crippen LogP contribution is -2.49. The molecule has 29 heavy (non-hydrogen) atoms. The molecule has 1 fully saturated rings. The maximum absolute atomic E-state index is 13.1. The summed E-state index contributed by atoms with van der Waals surface area (Å²) in [6, 6.07) is 16.4. The van der Waals surface area contributed by atoms with Gasteiger partial charge in [0.15, 0.2) is 5.69 Å². The molecule has 2 aromatic carbocycles. The van der Waals surface area contributed by atoms with Crippen molar-refractivity contribution < 1.29 is 14.3 Å². The van der Waals surface area contributed by atoms with Gasteiger partial charge in [0, 0.05) is 18.5 Å². The van der Waals surface area contributed by atoms with E-state index in [0.29, 0.717) is 36.7 Å². The number of methoxy groups -OCH3 is 1. The number of carbonyl (C=O) groups is 2. The zero-order valence-electron chi connectivity index (χ0n) is 16.1. The van der Waals surface area contributed by atoms with Gasteiger partial charge >= 0.3 is 5.97 Å². The minimum atomic E-state index is -0.771. The van der Waals surface area contributed by atoms with Gasteiger partial charge in [0.2, 0.25) is 0 Å². The number of likely N-dealkylation sites (tertiary alicyclic amines) is 1. The first kappa shape index (κ1) is 18.9. The van der Waals surface area contributed by atoms with Crippen LogP contribution in [-0.4, -0.2) is 47.2 Å². The Hall–Kier alpha value is -3.48. The van der Waals surface area contributed by atoms with E-state index in [4.69, 9.17) is 4.74 Å². The number of ether oxygens (including phenoxy) is 1. The second kappa shape index (κ2) is 7.50. The summed E-state index contributed by atoms with van der Waals surface area (Å²) in [6.45, 7) is 0.774. The molecule has 1 N–H and O–H groups in total. The zero-order valence-corrected chi connectivity index (χ0v) is 16.1. The number of hydrogen-bond acceptors (Lipinski definition) is 5. The topological polar surface area (TPSA) is 92.4 Å². The number of nitrogens with zero attached hydrogens (tertiary/aromatic N) is 2. The molecule has 1 aliphatic rings. The number of carbonyl (C=O) groups excluding carboxylic acids is 2. The fourth-order valence-electron chi connectivity index (χ4n) is 4.08. The highest BCUT2D eigenvalue weighted by Gasteiger charge is 2.45. The Bertz CT molecular complexity index is 1120. The molecule has 4 rings (SSSR count). The Labute approximate surface area is 167 Å². The number of aromatic amines is 1. The third-order valence-corrected chi connectivity index (χ3v) is 5.71. The predicted octanol–water partition coefficient (Wildman–Crippen LogP) is 2.27. The van der Waals surface area contributed by atoms with E-state index < -0.39 is 5.41 Å². The molecule has 1 aliphatic heterocycles. The first-order valence-corrected chi connectivity index (χ1v) is 9.47. The van der Waals surface area contributed by atoms with Gasteiger partial charge in [-0.3, -0.25) is 14.4 Å². The molecule has 148 valence electrons. The van der Waals surface area contributed by atoms with Gasteiger partial charge in [-0.1, -0.05) is 48.5 Å². The van der Waals surface area contributed by atoms with Gasteiger partial charge in [0.1, 0.15) is 0 Å². The highest BCUT2D eigenvalue weighted by atomic mass is 16.5. The smallest absolute Gasteiger partial charge is 0.316 e. The Morgan fingerprint density at radius 1 is 1.00 bits per heavy atom. The van der Waals surface area contributed by atoms with Crippen molar-refractivity contribution in [2.75, 3.05) is 20.2 Å². The van der Waals surface area contributed by atoms with Crippen LogP contribution in [0.2, 0.25) is 0 Å². The van der Waals surface area contributed by atoms with Crippen molar-refractivity contribution in [3.63, 3.8) is 0 Å². The molecule has 7 heteroatoms. The van der Waals surface area contributed by atoms with Crippen molar-refractivity contribution in [1.82, 2.24) is 15.1 Å². The summed E-state index contributed by atoms with van der Waals surface area (Å²) in [6.07, 6.45) is 0.910. The molecule has 1 amide bonds. The Kier molecular flexibility index (Phi) is 4.88. The Morgan fingerprint density at radius 2 is 1.62 bits per heavy atom. The molecule has 0 bridgehead atoms. The Morgan fingerprint density at radius 3 is 2.28 bits per heavy atom. The van der Waals surface area contributed by atoms with Gasteiger partial charge in [0.05, 0.1) is 17.9 Å². The molecule has 1 saturated heterocycles. The molecule has 0 radical (unpaired) electrons. The van der Waals surface area contributed by atoms with E-state index in [-0.39, 0.29) is 23.1 Å². The molecular formula is C22H21N3O4. The average molecular weight is 391 g/mol. The number of amides is 1. The number of esters is 1. The zero-order chi connectivity index (χ0) is 20.4. The summed E-state index contributed by atoms with van der Waals surface area (Å²) in [5.41, 5.74) is 0.00873. The van der Waals surface area contributed by atoms with Crippen molar-refractivity contribution in [3.8, 4) is 0 Å². The summed E-state index contributed by atoms with van der Waals surface area (Å²) >= 11 is 0. The standard InChI is InChI=1S/C22H21N3O4/c1-29-21(28)22(15-7-3-2-4-8-15)11-13-25(14-12-22)20(27)18-16-9-5-6-10-17(16)19(26)24-23-18/h2-10H,11-14H2,1H3,(H,24,26). The van der Waals surface area contributed by atoms with Crippen LogP contribution in [0.4, 0.5) is 0 Å². The molecule has 2 heterocycles. The van der Waals surface area contributed by atoms with Crippen molar-refractivity contribution in [1.29, 1.82) is 0 Å². The van der Waals surface area contributed by atoms with Gasteiger partial charge in [-0.25, -0.2) is 5.10 Å². The fraction of sp³-hybridized carbons (Fsp3) is 0.273. The molecule has 0 saturated carbocycles. The van der Waals surface area contributed by atoms with Gasteiger partial charge < -0.3 is 9.64 Å². The fourth-order valence-corrected chi connectivity index (χ4v) is 4.08. The van der Waals surface area contributed by atoms with Crippen LogP contribution in [0, 0.1) is 0 Å². The van der Waals surface area contributed by atoms with Gasteiger partial charge in [0.25, 0.3) is 11.5 Å². The number of fused-ring (bicyclic) bond motifs is 1. The first-order chi connectivity index (χ1) is 14.1. The average Bonchev–Trinajstić information content (AvgIpc) is 2.79. The maximum atomic E-state index is 13.1. The number of rotatable bonds is 3. The third kappa shape index (κ3) is 3.18. The molecule has 0 atom stereocenters. The number of benzene rings is 2. The molecule has 3 aromatic rings. The first-order valence-electron chi connectivity index (χ1n) is 9.47. The van der Waals surface area contributed by atoms with E-state index >= 15 is 0 Å². The lowest BCUT2D eigenvalue weighted by atomic mass is 9.72. The van der Waals surface area contributed by atoms with Crippen molar-refractivity contribution in [3.05, 3.63) is 76.2 Å². The van der Waals surface area contributed by atoms with Crippen LogP contribution in [0.3, 0.4) is 0 Å². The van der Waals surface area contributed by atoms with Gasteiger partial charge in [-0.15, -0.1) is 0 Å². The quantitative estimate of drug-likeness (QED) is 0.692. The summed E-state index contributed by atoms with van der Waals surface area (Å²) in [5.74, 6) is -0.549. The normalized spacial score (nSPS) is 15.8. The second-order valence-electron chi connectivity index (χ2n) is 7.18. The van der Waals surface area contributed by atoms with Gasteiger partial charge in [-0.05, 0) is 24.5 Å². The Balaban J connectivity index is 1.63. The van der Waals surface area contributed by atoms with Crippen molar-refractivity contribution in [2.45, 2.75) is 18.3 Å². The molecular weight excluding hydrogens is 370 g/mol. The van der Waals surface area contributed by atoms with E-state index in [1.54, 1.807) is 29.2 Å². The second-order valence-corrected chi connectivity index (χ2v) is 7.18. The highest BCUT2D eigenvalue weighted by molar-refractivity contribution is 6.04. The largest absolute Gasteiger partial charge is 0.468 e. The van der Waals surface area contributed by atoms with Crippen LogP contribution in [0.25, 0.3) is 10.8 Å². The number of nitrogens with one attached hydrogen (secondary N) is 1. The molecule has 0 unspecified atom stereocenters. The summed E-state index contributed by atoms with van der Waals surface area (Å²) in [4.78, 5) is 39.5. The molecule has 0 aliphatic carbocycles. The lowest BCUT2D eigenvalue weighted by Gasteiger charge is -2.40. The summed E-state index contributed by atoms with van der Waals surface area (Å²) < 4.78 is 5.10. The number of aromatic nitrogens is 2. The van der Waals surface area contributed by atoms with Crippen LogP contribution in [0.5, 0.6) is 0 Å². The highest BCUT2D eigenvalue weighted by Crippen LogP contribution is 2.37. The van der Waals surface area contributed by atoms with Crippen LogP contribution < -0.4 is 5.56 Å². The van der Waals surface area contributed by atoms with E-state index in [2.05, 4.69) is 10.2 Å². The van der Waals surface area contributed by atoms with Crippen molar-refractivity contribution >= 4 is 22.6 Å². The lowest BCUT2D eigenvalue weighted by molar-refractivity contribution is -0.149. The predicted molar refractivity (Wildman–Crippen MR) is 108 cm³/mol. The number of piperidine rings is 1. The van der Waals surface area contributed by atoms with Crippen LogP contribution in [-0.2, 0) is 14.9 Å². The van der Waals surface area contributed by atoms with E-state index in [1.807, 2.05) is 30.3 Å². The minimum absolute atomic E-state index is 0.213. The maximum Gasteiger partial charge on any atom is 0.316 e. The van der Waals surface area contributed by atoms with Gasteiger partial charge in [-0.2, -0.15) is 5.10 Å². The molecule has 7 nitrogen and oxygen atoms in total. The van der Waals surface area contributed by atoms with Crippen LogP contribution in [0.1, 0.15) is 28.9 Å². The molecule has 0 spiro atoms. The van der Waals surface area contributed by atoms with E-state index in [1.165, 1.54) is 7.11 Å². The van der Waals surface area contributed by atoms with Crippen LogP contribution >= 0.6 is 0 Å². The number of H-pyrrole nitrogens is 1. The monoisotopic (exact) mass is 391 g/mol. The molecule has 1 aromatic heterocycles. The minimum Gasteiger partial charge on any atom is -0.468 e. The van der Waals surface area contributed by atoms with E-state index in [0.717, 1.165) is 5.56 Å².